The van der Waals surface area contributed by atoms with Gasteiger partial charge in [0, 0.05) is 19.2 Å². The Balaban J connectivity index is 2.74. The van der Waals surface area contributed by atoms with Gasteiger partial charge in [0.15, 0.2) is 0 Å². The number of benzene rings is 1. The fourth-order valence-corrected chi connectivity index (χ4v) is 2.92. The van der Waals surface area contributed by atoms with Gasteiger partial charge in [0.25, 0.3) is 15.9 Å². The van der Waals surface area contributed by atoms with Crippen LogP contribution < -0.4 is 5.32 Å². The molecule has 0 aliphatic rings. The average molecular weight is 328 g/mol. The van der Waals surface area contributed by atoms with E-state index in [1.54, 1.807) is 12.1 Å². The molecule has 0 aliphatic carbocycles. The highest BCUT2D eigenvalue weighted by molar-refractivity contribution is 7.89. The Bertz CT molecular complexity index is 587. The molecule has 0 bridgehead atoms. The normalized spacial score (nSPS) is 11.6. The highest BCUT2D eigenvalue weighted by atomic mass is 32.2. The van der Waals surface area contributed by atoms with Gasteiger partial charge < -0.3 is 5.32 Å². The zero-order valence-corrected chi connectivity index (χ0v) is 14.1. The van der Waals surface area contributed by atoms with E-state index in [0.29, 0.717) is 12.1 Å². The minimum atomic E-state index is -3.75. The first-order chi connectivity index (χ1) is 10.4. The first-order valence-corrected chi connectivity index (χ1v) is 8.78. The van der Waals surface area contributed by atoms with E-state index in [-0.39, 0.29) is 10.8 Å². The number of carbonyl (C=O) groups excluding carboxylic acids is 1. The van der Waals surface area contributed by atoms with Gasteiger partial charge in [0.05, 0.1) is 12.0 Å². The summed E-state index contributed by atoms with van der Waals surface area (Å²) in [5.74, 6) is -0.270. The standard InChI is InChI=1S/C15H24N2O4S/c1-4-5-6-7-11-16-15(18)13-9-8-10-14(12-13)22(19,20)17(2)21-3/h8-10,12H,4-7,11H2,1-3H3,(H,16,18). The Morgan fingerprint density at radius 1 is 1.27 bits per heavy atom. The molecule has 0 atom stereocenters. The zero-order valence-electron chi connectivity index (χ0n) is 13.3. The van der Waals surface area contributed by atoms with E-state index in [9.17, 15) is 13.2 Å². The van der Waals surface area contributed by atoms with E-state index in [0.717, 1.165) is 30.2 Å². The minimum Gasteiger partial charge on any atom is -0.352 e. The van der Waals surface area contributed by atoms with E-state index >= 15 is 0 Å². The van der Waals surface area contributed by atoms with Gasteiger partial charge in [0.1, 0.15) is 0 Å². The van der Waals surface area contributed by atoms with Gasteiger partial charge in [-0.1, -0.05) is 36.7 Å². The van der Waals surface area contributed by atoms with Gasteiger partial charge in [-0.15, -0.1) is 0 Å². The maximum atomic E-state index is 12.1. The lowest BCUT2D eigenvalue weighted by molar-refractivity contribution is -0.0258. The second-order valence-corrected chi connectivity index (χ2v) is 6.88. The average Bonchev–Trinajstić information content (AvgIpc) is 2.53. The van der Waals surface area contributed by atoms with Crippen LogP contribution in [0.4, 0.5) is 0 Å². The van der Waals surface area contributed by atoms with Crippen molar-refractivity contribution in [1.29, 1.82) is 0 Å². The molecular weight excluding hydrogens is 304 g/mol. The molecule has 0 saturated heterocycles. The molecule has 22 heavy (non-hydrogen) atoms. The number of carbonyl (C=O) groups is 1. The summed E-state index contributed by atoms with van der Waals surface area (Å²) in [6.45, 7) is 2.72. The Morgan fingerprint density at radius 2 is 2.00 bits per heavy atom. The number of rotatable bonds is 9. The van der Waals surface area contributed by atoms with Crippen LogP contribution in [0.5, 0.6) is 0 Å². The minimum absolute atomic E-state index is 0.0236. The lowest BCUT2D eigenvalue weighted by Gasteiger charge is -2.14. The summed E-state index contributed by atoms with van der Waals surface area (Å²) in [6, 6.07) is 5.92. The number of sulfonamides is 1. The van der Waals surface area contributed by atoms with Gasteiger partial charge in [-0.3, -0.25) is 9.63 Å². The summed E-state index contributed by atoms with van der Waals surface area (Å²) in [6.07, 6.45) is 4.28. The predicted molar refractivity (Wildman–Crippen MR) is 84.9 cm³/mol. The second kappa shape index (κ2) is 8.87. The fourth-order valence-electron chi connectivity index (χ4n) is 1.90. The second-order valence-electron chi connectivity index (χ2n) is 4.94. The third-order valence-electron chi connectivity index (χ3n) is 3.31. The highest BCUT2D eigenvalue weighted by Crippen LogP contribution is 2.16. The van der Waals surface area contributed by atoms with Crippen LogP contribution in [0.15, 0.2) is 29.2 Å². The van der Waals surface area contributed by atoms with Gasteiger partial charge in [-0.25, -0.2) is 8.42 Å². The molecular formula is C15H24N2O4S. The molecule has 0 saturated carbocycles. The molecule has 1 amide bonds. The topological polar surface area (TPSA) is 75.7 Å². The van der Waals surface area contributed by atoms with E-state index in [2.05, 4.69) is 12.2 Å². The third kappa shape index (κ3) is 5.08. The largest absolute Gasteiger partial charge is 0.352 e. The molecule has 0 fully saturated rings. The van der Waals surface area contributed by atoms with Crippen molar-refractivity contribution in [2.24, 2.45) is 0 Å². The molecule has 0 radical (unpaired) electrons. The first-order valence-electron chi connectivity index (χ1n) is 7.34. The van der Waals surface area contributed by atoms with Crippen molar-refractivity contribution >= 4 is 15.9 Å². The van der Waals surface area contributed by atoms with E-state index in [4.69, 9.17) is 4.84 Å². The summed E-state index contributed by atoms with van der Waals surface area (Å²) < 4.78 is 25.0. The summed E-state index contributed by atoms with van der Waals surface area (Å²) in [5, 5.41) is 2.80. The van der Waals surface area contributed by atoms with Gasteiger partial charge >= 0.3 is 0 Å². The summed E-state index contributed by atoms with van der Waals surface area (Å²) >= 11 is 0. The lowest BCUT2D eigenvalue weighted by atomic mass is 10.2. The van der Waals surface area contributed by atoms with Crippen LogP contribution in [0, 0.1) is 0 Å². The Kier molecular flexibility index (Phi) is 7.50. The van der Waals surface area contributed by atoms with Crippen molar-refractivity contribution in [3.63, 3.8) is 0 Å². The van der Waals surface area contributed by atoms with Crippen molar-refractivity contribution in [1.82, 2.24) is 9.79 Å². The van der Waals surface area contributed by atoms with E-state index < -0.39 is 10.0 Å². The molecule has 0 aliphatic heterocycles. The van der Waals surface area contributed by atoms with Crippen LogP contribution in [-0.4, -0.2) is 39.5 Å². The van der Waals surface area contributed by atoms with Gasteiger partial charge in [-0.2, -0.15) is 0 Å². The van der Waals surface area contributed by atoms with E-state index in [1.165, 1.54) is 26.3 Å². The number of hydrogen-bond donors (Lipinski definition) is 1. The van der Waals surface area contributed by atoms with Crippen LogP contribution in [0.1, 0.15) is 43.0 Å². The number of nitrogens with one attached hydrogen (secondary N) is 1. The van der Waals surface area contributed by atoms with Crippen molar-refractivity contribution in [2.45, 2.75) is 37.5 Å². The maximum absolute atomic E-state index is 12.1. The molecule has 124 valence electrons. The molecule has 1 N–H and O–H groups in total. The molecule has 1 rings (SSSR count). The molecule has 0 spiro atoms. The Labute approximate surface area is 132 Å². The maximum Gasteiger partial charge on any atom is 0.264 e. The van der Waals surface area contributed by atoms with Gasteiger partial charge in [0.2, 0.25) is 0 Å². The van der Waals surface area contributed by atoms with Crippen molar-refractivity contribution < 1.29 is 18.0 Å². The van der Waals surface area contributed by atoms with Crippen LogP contribution >= 0.6 is 0 Å². The van der Waals surface area contributed by atoms with Crippen molar-refractivity contribution in [3.8, 4) is 0 Å². The lowest BCUT2D eigenvalue weighted by Crippen LogP contribution is -2.27. The number of hydroxylamine groups is 1. The SMILES string of the molecule is CCCCCCNC(=O)c1cccc(S(=O)(=O)N(C)OC)c1. The quantitative estimate of drug-likeness (QED) is 0.557. The molecule has 0 unspecified atom stereocenters. The number of amides is 1. The number of nitrogens with zero attached hydrogens (tertiary/aromatic N) is 1. The summed E-state index contributed by atoms with van der Waals surface area (Å²) in [5.41, 5.74) is 0.320. The number of unbranched alkanes of at least 4 members (excludes halogenated alkanes) is 3. The fraction of sp³-hybridized carbons (Fsp3) is 0.533. The summed E-state index contributed by atoms with van der Waals surface area (Å²) in [4.78, 5) is 16.8. The van der Waals surface area contributed by atoms with Crippen LogP contribution in [0.25, 0.3) is 0 Å². The van der Waals surface area contributed by atoms with Crippen LogP contribution in [-0.2, 0) is 14.9 Å². The zero-order chi connectivity index (χ0) is 16.6. The molecule has 6 nitrogen and oxygen atoms in total. The van der Waals surface area contributed by atoms with Crippen LogP contribution in [0.2, 0.25) is 0 Å². The number of hydrogen-bond acceptors (Lipinski definition) is 4. The predicted octanol–water partition coefficient (Wildman–Crippen LogP) is 2.18. The molecule has 0 heterocycles. The monoisotopic (exact) mass is 328 g/mol. The third-order valence-corrected chi connectivity index (χ3v) is 4.98. The Hall–Kier alpha value is -1.44. The van der Waals surface area contributed by atoms with Crippen LogP contribution in [0.3, 0.4) is 0 Å². The van der Waals surface area contributed by atoms with Gasteiger partial charge in [-0.05, 0) is 24.6 Å². The summed E-state index contributed by atoms with van der Waals surface area (Å²) in [7, 11) is -1.18. The van der Waals surface area contributed by atoms with Crippen molar-refractivity contribution in [3.05, 3.63) is 29.8 Å². The molecule has 0 aromatic heterocycles. The molecule has 7 heteroatoms. The highest BCUT2D eigenvalue weighted by Gasteiger charge is 2.21. The van der Waals surface area contributed by atoms with Crippen molar-refractivity contribution in [2.75, 3.05) is 20.7 Å². The molecule has 1 aromatic rings. The Morgan fingerprint density at radius 3 is 2.64 bits per heavy atom. The molecule has 1 aromatic carbocycles. The van der Waals surface area contributed by atoms with E-state index in [1.807, 2.05) is 0 Å². The smallest absolute Gasteiger partial charge is 0.264 e. The first kappa shape index (κ1) is 18.6.